The third-order valence-corrected chi connectivity index (χ3v) is 8.75. The van der Waals surface area contributed by atoms with Crippen molar-refractivity contribution in [2.75, 3.05) is 13.7 Å². The summed E-state index contributed by atoms with van der Waals surface area (Å²) >= 11 is 1.60. The predicted octanol–water partition coefficient (Wildman–Crippen LogP) is 4.75. The number of hydrogen-bond acceptors (Lipinski definition) is 7. The molecule has 2 aromatic carbocycles. The second kappa shape index (κ2) is 13.6. The Bertz CT molecular complexity index is 1380. The molecular weight excluding hydrogens is 550 g/mol. The molecule has 2 N–H and O–H groups in total. The highest BCUT2D eigenvalue weighted by Crippen LogP contribution is 2.29. The van der Waals surface area contributed by atoms with E-state index in [1.807, 2.05) is 81.7 Å². The number of rotatable bonds is 11. The van der Waals surface area contributed by atoms with E-state index in [4.69, 9.17) is 4.74 Å². The lowest BCUT2D eigenvalue weighted by molar-refractivity contribution is -0.143. The Balaban J connectivity index is 1.37. The second-order valence-corrected chi connectivity index (χ2v) is 12.9. The zero-order chi connectivity index (χ0) is 30.4. The van der Waals surface area contributed by atoms with Gasteiger partial charge in [-0.1, -0.05) is 57.2 Å². The minimum Gasteiger partial charge on any atom is -0.497 e. The molecule has 224 valence electrons. The van der Waals surface area contributed by atoms with Crippen LogP contribution in [0.25, 0.3) is 10.4 Å². The van der Waals surface area contributed by atoms with Crippen molar-refractivity contribution in [2.24, 2.45) is 5.41 Å². The van der Waals surface area contributed by atoms with E-state index < -0.39 is 23.6 Å². The maximum absolute atomic E-state index is 13.8. The zero-order valence-electron chi connectivity index (χ0n) is 25.1. The van der Waals surface area contributed by atoms with Crippen LogP contribution in [0, 0.1) is 12.3 Å². The molecule has 1 aliphatic heterocycles. The van der Waals surface area contributed by atoms with Crippen molar-refractivity contribution in [1.82, 2.24) is 15.2 Å². The molecule has 3 atom stereocenters. The second-order valence-electron chi connectivity index (χ2n) is 12.0. The van der Waals surface area contributed by atoms with E-state index >= 15 is 0 Å². The van der Waals surface area contributed by atoms with E-state index in [1.165, 1.54) is 4.90 Å². The number of ether oxygens (including phenoxy) is 1. The normalized spacial score (nSPS) is 17.6. The molecule has 2 heterocycles. The maximum Gasteiger partial charge on any atom is 0.246 e. The number of nitrogens with zero attached hydrogens (tertiary/aromatic N) is 2. The molecule has 1 fully saturated rings. The van der Waals surface area contributed by atoms with Gasteiger partial charge in [-0.25, -0.2) is 4.98 Å². The number of β-amino-alcohol motifs (C(OH)–C–C–N with tert-alkyl or cyclic N) is 1. The Labute approximate surface area is 252 Å². The number of aryl methyl sites for hydroxylation is 3. The number of carbonyl (C=O) groups excluding carboxylic acids is 3. The van der Waals surface area contributed by atoms with E-state index in [9.17, 15) is 19.5 Å². The van der Waals surface area contributed by atoms with Crippen LogP contribution < -0.4 is 10.1 Å². The summed E-state index contributed by atoms with van der Waals surface area (Å²) in [7, 11) is 1.60. The van der Waals surface area contributed by atoms with Gasteiger partial charge in [0.1, 0.15) is 11.8 Å². The molecule has 0 bridgehead atoms. The Morgan fingerprint density at radius 1 is 1.05 bits per heavy atom. The summed E-state index contributed by atoms with van der Waals surface area (Å²) in [5.74, 6) is 0.0947. The third kappa shape index (κ3) is 7.83. The molecule has 9 heteroatoms. The van der Waals surface area contributed by atoms with Crippen LogP contribution >= 0.6 is 11.3 Å². The summed E-state index contributed by atoms with van der Waals surface area (Å²) < 4.78 is 5.19. The molecule has 42 heavy (non-hydrogen) atoms. The molecular formula is C33H41N3O5S. The van der Waals surface area contributed by atoms with Gasteiger partial charge >= 0.3 is 0 Å². The number of Topliss-reactive ketones (excluding diaryl/α,β-unsaturated/α-hetero) is 1. The Hall–Kier alpha value is -3.56. The largest absolute Gasteiger partial charge is 0.497 e. The summed E-state index contributed by atoms with van der Waals surface area (Å²) in [5.41, 5.74) is 5.35. The lowest BCUT2D eigenvalue weighted by Crippen LogP contribution is -2.56. The number of aromatic nitrogens is 1. The number of ketones is 1. The first-order chi connectivity index (χ1) is 20.0. The fraction of sp³-hybridized carbons (Fsp3) is 0.455. The summed E-state index contributed by atoms with van der Waals surface area (Å²) in [6, 6.07) is 14.1. The molecule has 3 aromatic rings. The van der Waals surface area contributed by atoms with Gasteiger partial charge in [-0.15, -0.1) is 11.3 Å². The van der Waals surface area contributed by atoms with E-state index in [1.54, 1.807) is 18.4 Å². The Morgan fingerprint density at radius 3 is 2.24 bits per heavy atom. The summed E-state index contributed by atoms with van der Waals surface area (Å²) in [5, 5.41) is 13.4. The van der Waals surface area contributed by atoms with Crippen LogP contribution in [0.3, 0.4) is 0 Å². The van der Waals surface area contributed by atoms with E-state index in [0.717, 1.165) is 33.0 Å². The van der Waals surface area contributed by atoms with Crippen LogP contribution in [0.1, 0.15) is 56.9 Å². The quantitative estimate of drug-likeness (QED) is 0.333. The van der Waals surface area contributed by atoms with Crippen LogP contribution in [0.15, 0.2) is 54.0 Å². The van der Waals surface area contributed by atoms with Gasteiger partial charge in [-0.3, -0.25) is 14.4 Å². The van der Waals surface area contributed by atoms with Gasteiger partial charge in [0, 0.05) is 25.8 Å². The minimum atomic E-state index is -0.829. The maximum atomic E-state index is 13.8. The van der Waals surface area contributed by atoms with Gasteiger partial charge in [0.15, 0.2) is 5.78 Å². The highest BCUT2D eigenvalue weighted by atomic mass is 32.1. The molecule has 0 aliphatic carbocycles. The summed E-state index contributed by atoms with van der Waals surface area (Å²) in [4.78, 5) is 47.0. The minimum absolute atomic E-state index is 0.0758. The van der Waals surface area contributed by atoms with Crippen molar-refractivity contribution < 1.29 is 24.2 Å². The van der Waals surface area contributed by atoms with Crippen LogP contribution in [-0.4, -0.2) is 64.4 Å². The van der Waals surface area contributed by atoms with Crippen LogP contribution in [0.4, 0.5) is 0 Å². The van der Waals surface area contributed by atoms with Gasteiger partial charge in [0.2, 0.25) is 11.8 Å². The predicted molar refractivity (Wildman–Crippen MR) is 164 cm³/mol. The number of likely N-dealkylation sites (tertiary alicyclic amines) is 1. The molecule has 0 spiro atoms. The topological polar surface area (TPSA) is 109 Å². The van der Waals surface area contributed by atoms with Gasteiger partial charge in [0.05, 0.1) is 35.3 Å². The van der Waals surface area contributed by atoms with Gasteiger partial charge < -0.3 is 20.1 Å². The van der Waals surface area contributed by atoms with Crippen molar-refractivity contribution in [1.29, 1.82) is 0 Å². The van der Waals surface area contributed by atoms with Crippen LogP contribution in [-0.2, 0) is 27.2 Å². The van der Waals surface area contributed by atoms with E-state index in [2.05, 4.69) is 10.3 Å². The monoisotopic (exact) mass is 591 g/mol. The number of amides is 2. The number of thiazole rings is 1. The van der Waals surface area contributed by atoms with Crippen molar-refractivity contribution in [3.05, 3.63) is 70.9 Å². The molecule has 2 amide bonds. The first-order valence-corrected chi connectivity index (χ1v) is 15.3. The molecule has 4 rings (SSSR count). The Morgan fingerprint density at radius 2 is 1.67 bits per heavy atom. The fourth-order valence-corrected chi connectivity index (χ4v) is 6.11. The number of hydrogen-bond donors (Lipinski definition) is 2. The average Bonchev–Trinajstić information content (AvgIpc) is 3.58. The smallest absolute Gasteiger partial charge is 0.246 e. The molecule has 0 radical (unpaired) electrons. The zero-order valence-corrected chi connectivity index (χ0v) is 25.9. The fourth-order valence-electron chi connectivity index (χ4n) is 5.30. The molecule has 8 nitrogen and oxygen atoms in total. The standard InChI is InChI=1S/C33H41N3O5S/c1-21-30(42-20-34-21)24-12-6-22(7-13-24)10-16-28(38)27-18-25(37)19-36(27)32(40)31(33(2,3)4)35-29(39)17-11-23-8-14-26(41-5)15-9-23/h6-9,12-15,20,25,27,31,37H,10-11,16-19H2,1-5H3,(H,35,39)/t25-,27+,31-/m1/s1. The lowest BCUT2D eigenvalue weighted by atomic mass is 9.85. The van der Waals surface area contributed by atoms with E-state index in [-0.39, 0.29) is 43.4 Å². The van der Waals surface area contributed by atoms with Gasteiger partial charge in [-0.2, -0.15) is 0 Å². The number of benzene rings is 2. The molecule has 1 aromatic heterocycles. The molecule has 1 saturated heterocycles. The number of nitrogens with one attached hydrogen (secondary N) is 1. The number of carbonyl (C=O) groups is 3. The molecule has 1 aliphatic rings. The molecule has 0 saturated carbocycles. The number of aliphatic hydroxyl groups excluding tert-OH is 1. The van der Waals surface area contributed by atoms with E-state index in [0.29, 0.717) is 12.8 Å². The summed E-state index contributed by atoms with van der Waals surface area (Å²) in [6.07, 6.45) is 0.968. The van der Waals surface area contributed by atoms with Gasteiger partial charge in [0.25, 0.3) is 0 Å². The summed E-state index contributed by atoms with van der Waals surface area (Å²) in [6.45, 7) is 7.73. The van der Waals surface area contributed by atoms with Crippen LogP contribution in [0.2, 0.25) is 0 Å². The third-order valence-electron chi connectivity index (χ3n) is 7.77. The van der Waals surface area contributed by atoms with Crippen molar-refractivity contribution in [3.63, 3.8) is 0 Å². The average molecular weight is 592 g/mol. The van der Waals surface area contributed by atoms with Crippen molar-refractivity contribution in [2.45, 2.75) is 78.0 Å². The highest BCUT2D eigenvalue weighted by Gasteiger charge is 2.44. The first kappa shape index (κ1) is 31.4. The number of methoxy groups -OCH3 is 1. The molecule has 0 unspecified atom stereocenters. The first-order valence-electron chi connectivity index (χ1n) is 14.4. The number of aliphatic hydroxyl groups is 1. The van der Waals surface area contributed by atoms with Crippen molar-refractivity contribution in [3.8, 4) is 16.2 Å². The van der Waals surface area contributed by atoms with Crippen LogP contribution in [0.5, 0.6) is 5.75 Å². The van der Waals surface area contributed by atoms with Crippen molar-refractivity contribution >= 4 is 28.9 Å². The van der Waals surface area contributed by atoms with Gasteiger partial charge in [-0.05, 0) is 54.0 Å². The highest BCUT2D eigenvalue weighted by molar-refractivity contribution is 7.13. The lowest BCUT2D eigenvalue weighted by Gasteiger charge is -2.35. The SMILES string of the molecule is COc1ccc(CCC(=O)N[C@H](C(=O)N2C[C@H](O)C[C@H]2C(=O)CCc2ccc(-c3scnc3C)cc2)C(C)(C)C)cc1. The Kier molecular flexibility index (Phi) is 10.2.